The first kappa shape index (κ1) is 10.6. The van der Waals surface area contributed by atoms with E-state index < -0.39 is 6.10 Å². The molecule has 1 N–H and O–H groups in total. The Morgan fingerprint density at radius 1 is 1.12 bits per heavy atom. The van der Waals surface area contributed by atoms with Crippen molar-refractivity contribution in [3.05, 3.63) is 64.2 Å². The fourth-order valence-corrected chi connectivity index (χ4v) is 2.32. The number of para-hydroxylation sites is 1. The number of aliphatic hydroxyl groups is 1. The van der Waals surface area contributed by atoms with Crippen LogP contribution in [0, 0.1) is 0 Å². The average Bonchev–Trinajstić information content (AvgIpc) is 2.48. The number of halogens is 1. The largest absolute Gasteiger partial charge is 0.488 e. The molecule has 0 aliphatic carbocycles. The topological polar surface area (TPSA) is 29.5 Å². The molecule has 0 spiro atoms. The number of hydrogen-bond donors (Lipinski definition) is 1. The molecule has 0 bridgehead atoms. The lowest BCUT2D eigenvalue weighted by atomic mass is 9.98. The Morgan fingerprint density at radius 3 is 2.82 bits per heavy atom. The van der Waals surface area contributed by atoms with Crippen LogP contribution in [-0.4, -0.2) is 5.11 Å². The molecule has 0 fully saturated rings. The quantitative estimate of drug-likeness (QED) is 0.773. The van der Waals surface area contributed by atoms with Crippen LogP contribution >= 0.6 is 11.6 Å². The summed E-state index contributed by atoms with van der Waals surface area (Å²) in [5.74, 6) is 0.729. The molecule has 2 aromatic rings. The lowest BCUT2D eigenvalue weighted by molar-refractivity contribution is 0.218. The van der Waals surface area contributed by atoms with Crippen molar-refractivity contribution in [1.82, 2.24) is 0 Å². The molecule has 0 saturated carbocycles. The van der Waals surface area contributed by atoms with E-state index >= 15 is 0 Å². The first-order valence-corrected chi connectivity index (χ1v) is 5.81. The maximum absolute atomic E-state index is 10.4. The Bertz CT molecular complexity index is 566. The molecule has 2 aromatic carbocycles. The van der Waals surface area contributed by atoms with Crippen LogP contribution in [0.4, 0.5) is 0 Å². The van der Waals surface area contributed by atoms with Gasteiger partial charge in [0, 0.05) is 10.6 Å². The van der Waals surface area contributed by atoms with Crippen molar-refractivity contribution >= 4 is 11.6 Å². The van der Waals surface area contributed by atoms with E-state index in [2.05, 4.69) is 0 Å². The summed E-state index contributed by atoms with van der Waals surface area (Å²) in [6.45, 7) is 0.434. The van der Waals surface area contributed by atoms with Gasteiger partial charge in [-0.2, -0.15) is 0 Å². The third-order valence-corrected chi connectivity index (χ3v) is 3.23. The number of ether oxygens (including phenoxy) is 1. The van der Waals surface area contributed by atoms with Crippen LogP contribution < -0.4 is 4.74 Å². The summed E-state index contributed by atoms with van der Waals surface area (Å²) < 4.78 is 5.68. The van der Waals surface area contributed by atoms with E-state index in [1.54, 1.807) is 6.07 Å². The minimum atomic E-state index is -0.652. The zero-order chi connectivity index (χ0) is 11.8. The van der Waals surface area contributed by atoms with Crippen LogP contribution in [0.5, 0.6) is 5.75 Å². The van der Waals surface area contributed by atoms with Gasteiger partial charge in [-0.1, -0.05) is 35.9 Å². The zero-order valence-corrected chi connectivity index (χ0v) is 9.82. The van der Waals surface area contributed by atoms with Crippen LogP contribution in [0.1, 0.15) is 22.8 Å². The molecule has 3 rings (SSSR count). The van der Waals surface area contributed by atoms with E-state index in [4.69, 9.17) is 16.3 Å². The van der Waals surface area contributed by atoms with Crippen molar-refractivity contribution in [3.63, 3.8) is 0 Å². The second-order valence-corrected chi connectivity index (χ2v) is 4.51. The van der Waals surface area contributed by atoms with Gasteiger partial charge in [0.1, 0.15) is 18.5 Å². The molecule has 0 aromatic heterocycles. The summed E-state index contributed by atoms with van der Waals surface area (Å²) in [7, 11) is 0. The normalized spacial score (nSPS) is 17.6. The Labute approximate surface area is 104 Å². The van der Waals surface area contributed by atoms with Gasteiger partial charge < -0.3 is 9.84 Å². The SMILES string of the molecule is OC1c2ccc(Cl)cc2COc2ccccc21. The van der Waals surface area contributed by atoms with Gasteiger partial charge in [0.15, 0.2) is 0 Å². The van der Waals surface area contributed by atoms with E-state index in [-0.39, 0.29) is 0 Å². The van der Waals surface area contributed by atoms with E-state index in [0.717, 1.165) is 22.4 Å². The summed E-state index contributed by atoms with van der Waals surface area (Å²) in [5.41, 5.74) is 2.59. The summed E-state index contributed by atoms with van der Waals surface area (Å²) in [6, 6.07) is 13.0. The molecule has 1 unspecified atom stereocenters. The molecule has 1 heterocycles. The van der Waals surface area contributed by atoms with Crippen LogP contribution in [0.25, 0.3) is 0 Å². The molecule has 2 nitrogen and oxygen atoms in total. The fraction of sp³-hybridized carbons (Fsp3) is 0.143. The van der Waals surface area contributed by atoms with Crippen molar-refractivity contribution in [2.75, 3.05) is 0 Å². The van der Waals surface area contributed by atoms with E-state index in [9.17, 15) is 5.11 Å². The molecule has 86 valence electrons. The summed E-state index contributed by atoms with van der Waals surface area (Å²) in [5, 5.41) is 11.0. The number of fused-ring (bicyclic) bond motifs is 2. The Balaban J connectivity index is 2.16. The number of hydrogen-bond acceptors (Lipinski definition) is 2. The van der Waals surface area contributed by atoms with Gasteiger partial charge in [-0.25, -0.2) is 0 Å². The standard InChI is InChI=1S/C14H11ClO2/c15-10-5-6-11-9(7-10)8-17-13-4-2-1-3-12(13)14(11)16/h1-7,14,16H,8H2. The number of benzene rings is 2. The highest BCUT2D eigenvalue weighted by molar-refractivity contribution is 6.30. The third kappa shape index (κ3) is 1.79. The fourth-order valence-electron chi connectivity index (χ4n) is 2.13. The third-order valence-electron chi connectivity index (χ3n) is 3.00. The van der Waals surface area contributed by atoms with Crippen LogP contribution in [-0.2, 0) is 6.61 Å². The predicted octanol–water partition coefficient (Wildman–Crippen LogP) is 3.31. The average molecular weight is 247 g/mol. The molecule has 0 amide bonds. The molecule has 3 heteroatoms. The van der Waals surface area contributed by atoms with Crippen molar-refractivity contribution in [2.24, 2.45) is 0 Å². The lowest BCUT2D eigenvalue weighted by Gasteiger charge is -2.12. The first-order chi connectivity index (χ1) is 8.25. The minimum Gasteiger partial charge on any atom is -0.488 e. The zero-order valence-electron chi connectivity index (χ0n) is 9.06. The van der Waals surface area contributed by atoms with Gasteiger partial charge in [-0.05, 0) is 29.3 Å². The van der Waals surface area contributed by atoms with Gasteiger partial charge in [0.25, 0.3) is 0 Å². The van der Waals surface area contributed by atoms with Crippen molar-refractivity contribution in [3.8, 4) is 5.75 Å². The molecule has 1 aliphatic rings. The maximum atomic E-state index is 10.4. The van der Waals surface area contributed by atoms with Crippen LogP contribution in [0.3, 0.4) is 0 Å². The van der Waals surface area contributed by atoms with E-state index in [0.29, 0.717) is 11.6 Å². The van der Waals surface area contributed by atoms with Crippen molar-refractivity contribution < 1.29 is 9.84 Å². The molecule has 1 atom stereocenters. The summed E-state index contributed by atoms with van der Waals surface area (Å²) in [6.07, 6.45) is -0.652. The minimum absolute atomic E-state index is 0.434. The highest BCUT2D eigenvalue weighted by Gasteiger charge is 2.22. The molecular formula is C14H11ClO2. The maximum Gasteiger partial charge on any atom is 0.125 e. The van der Waals surface area contributed by atoms with Gasteiger partial charge >= 0.3 is 0 Å². The summed E-state index contributed by atoms with van der Waals surface area (Å²) in [4.78, 5) is 0. The van der Waals surface area contributed by atoms with Gasteiger partial charge in [0.2, 0.25) is 0 Å². The van der Waals surface area contributed by atoms with Gasteiger partial charge in [-0.15, -0.1) is 0 Å². The Morgan fingerprint density at radius 2 is 1.94 bits per heavy atom. The Hall–Kier alpha value is -1.51. The molecule has 1 aliphatic heterocycles. The molecule has 17 heavy (non-hydrogen) atoms. The highest BCUT2D eigenvalue weighted by atomic mass is 35.5. The molecule has 0 saturated heterocycles. The predicted molar refractivity (Wildman–Crippen MR) is 66.3 cm³/mol. The molecule has 0 radical (unpaired) electrons. The number of aliphatic hydroxyl groups excluding tert-OH is 1. The second-order valence-electron chi connectivity index (χ2n) is 4.07. The second kappa shape index (κ2) is 4.06. The summed E-state index contributed by atoms with van der Waals surface area (Å²) >= 11 is 5.95. The monoisotopic (exact) mass is 246 g/mol. The molecular weight excluding hydrogens is 236 g/mol. The van der Waals surface area contributed by atoms with Crippen LogP contribution in [0.2, 0.25) is 5.02 Å². The van der Waals surface area contributed by atoms with Crippen LogP contribution in [0.15, 0.2) is 42.5 Å². The van der Waals surface area contributed by atoms with Gasteiger partial charge in [0.05, 0.1) is 0 Å². The van der Waals surface area contributed by atoms with Gasteiger partial charge in [-0.3, -0.25) is 0 Å². The van der Waals surface area contributed by atoms with E-state index in [1.165, 1.54) is 0 Å². The van der Waals surface area contributed by atoms with Crippen molar-refractivity contribution in [1.29, 1.82) is 0 Å². The first-order valence-electron chi connectivity index (χ1n) is 5.44. The van der Waals surface area contributed by atoms with Crippen molar-refractivity contribution in [2.45, 2.75) is 12.7 Å². The van der Waals surface area contributed by atoms with E-state index in [1.807, 2.05) is 36.4 Å². The number of rotatable bonds is 0. The Kier molecular flexibility index (Phi) is 2.54. The highest BCUT2D eigenvalue weighted by Crippen LogP contribution is 2.36. The smallest absolute Gasteiger partial charge is 0.125 e. The lowest BCUT2D eigenvalue weighted by Crippen LogP contribution is -2.00.